The molecule has 0 aliphatic carbocycles. The molecule has 0 spiro atoms. The van der Waals surface area contributed by atoms with Crippen LogP contribution in [-0.2, 0) is 20.4 Å². The predicted octanol–water partition coefficient (Wildman–Crippen LogP) is 1.76. The number of carbonyl (C=O) groups excluding carboxylic acids is 1. The second-order valence-electron chi connectivity index (χ2n) is 2.83. The van der Waals surface area contributed by atoms with E-state index >= 15 is 0 Å². The second-order valence-corrected chi connectivity index (χ2v) is 7.61. The fourth-order valence-corrected chi connectivity index (χ4v) is 2.60. The zero-order valence-electron chi connectivity index (χ0n) is 9.04. The first kappa shape index (κ1) is 25.0. The first-order valence-corrected chi connectivity index (χ1v) is 8.01. The van der Waals surface area contributed by atoms with Gasteiger partial charge in [-0.2, -0.15) is 0 Å². The van der Waals surface area contributed by atoms with Crippen LogP contribution in [0.2, 0.25) is 13.1 Å². The molecule has 16 heavy (non-hydrogen) atoms. The van der Waals surface area contributed by atoms with E-state index in [9.17, 15) is 9.59 Å². The van der Waals surface area contributed by atoms with Crippen LogP contribution in [0.15, 0.2) is 0 Å². The summed E-state index contributed by atoms with van der Waals surface area (Å²) >= 11 is 1.21. The van der Waals surface area contributed by atoms with E-state index in [2.05, 4.69) is 18.4 Å². The van der Waals surface area contributed by atoms with Gasteiger partial charge < -0.3 is 23.2 Å². The van der Waals surface area contributed by atoms with Gasteiger partial charge in [0.05, 0.1) is 6.67 Å². The number of hydrogen-bond donors (Lipinski definition) is 3. The van der Waals surface area contributed by atoms with E-state index in [0.29, 0.717) is 0 Å². The normalized spacial score (nSPS) is 7.94. The third-order valence-corrected chi connectivity index (χ3v) is 4.76. The fraction of sp³-hybridized carbons (Fsp3) is 0.625. The number of amides is 2. The Morgan fingerprint density at radius 1 is 1.31 bits per heavy atom. The molecular formula is C8H21N2O3ReSSi-. The maximum Gasteiger partial charge on any atom is 0.406 e. The zero-order valence-corrected chi connectivity index (χ0v) is 13.7. The predicted molar refractivity (Wildman–Crippen MR) is 69.0 cm³/mol. The zero-order chi connectivity index (χ0) is 10.3. The largest absolute Gasteiger partial charge is 0.465 e. The van der Waals surface area contributed by atoms with Crippen LogP contribution in [0, 0.1) is 7.43 Å². The Hall–Kier alpha value is -0.0308. The number of rotatable bonds is 4. The minimum Gasteiger partial charge on any atom is -0.465 e. The summed E-state index contributed by atoms with van der Waals surface area (Å²) in [5.74, 6) is 0. The molecule has 0 aromatic carbocycles. The summed E-state index contributed by atoms with van der Waals surface area (Å²) in [6.07, 6.45) is -1.14. The smallest absolute Gasteiger partial charge is 0.406 e. The van der Waals surface area contributed by atoms with E-state index in [-0.39, 0.29) is 47.2 Å². The number of carbonyl (C=O) groups is 2. The number of carboxylic acid groups (broad SMARTS) is 1. The van der Waals surface area contributed by atoms with Gasteiger partial charge in [-0.3, -0.25) is 4.79 Å². The molecule has 0 fully saturated rings. The number of thioether (sulfide) groups is 1. The Morgan fingerprint density at radius 2 is 1.81 bits per heavy atom. The molecule has 0 heterocycles. The second kappa shape index (κ2) is 15.0. The molecule has 0 atom stereocenters. The van der Waals surface area contributed by atoms with E-state index in [1.807, 2.05) is 5.32 Å². The van der Waals surface area contributed by atoms with Crippen molar-refractivity contribution in [2.75, 3.05) is 12.0 Å². The molecule has 99 valence electrons. The molecule has 8 heteroatoms. The molecule has 0 unspecified atom stereocenters. The summed E-state index contributed by atoms with van der Waals surface area (Å²) in [4.78, 5) is 21.0. The molecule has 2 amide bonds. The van der Waals surface area contributed by atoms with Crippen molar-refractivity contribution in [3.8, 4) is 0 Å². The van der Waals surface area contributed by atoms with Gasteiger partial charge in [0.25, 0.3) is 5.24 Å². The van der Waals surface area contributed by atoms with Crippen molar-refractivity contribution < 1.29 is 35.1 Å². The Kier molecular flexibility index (Phi) is 23.4. The van der Waals surface area contributed by atoms with Crippen LogP contribution in [0.5, 0.6) is 0 Å². The third-order valence-electron chi connectivity index (χ3n) is 1.02. The molecule has 0 saturated carbocycles. The Balaban J connectivity index is -0.000000240. The topological polar surface area (TPSA) is 78.4 Å². The first-order valence-electron chi connectivity index (χ1n) is 3.89. The van der Waals surface area contributed by atoms with E-state index in [1.165, 1.54) is 11.8 Å². The average molecular weight is 440 g/mol. The van der Waals surface area contributed by atoms with Crippen LogP contribution in [0.25, 0.3) is 0 Å². The van der Waals surface area contributed by atoms with Crippen molar-refractivity contribution in [3.63, 3.8) is 0 Å². The van der Waals surface area contributed by atoms with E-state index in [4.69, 9.17) is 5.11 Å². The summed E-state index contributed by atoms with van der Waals surface area (Å²) in [6.45, 7) is 4.27. The van der Waals surface area contributed by atoms with Crippen LogP contribution in [0.1, 0.15) is 7.43 Å². The van der Waals surface area contributed by atoms with Gasteiger partial charge in [0.2, 0.25) is 0 Å². The number of nitrogens with one attached hydrogen (secondary N) is 2. The van der Waals surface area contributed by atoms with Crippen molar-refractivity contribution in [1.82, 2.24) is 10.6 Å². The Bertz CT molecular complexity index is 196. The average Bonchev–Trinajstić information content (AvgIpc) is 2.00. The molecule has 1 radical (unpaired) electrons. The van der Waals surface area contributed by atoms with Crippen LogP contribution >= 0.6 is 11.8 Å². The van der Waals surface area contributed by atoms with Crippen LogP contribution in [0.3, 0.4) is 0 Å². The minimum atomic E-state index is -1.14. The van der Waals surface area contributed by atoms with Crippen molar-refractivity contribution in [3.05, 3.63) is 7.43 Å². The van der Waals surface area contributed by atoms with Crippen molar-refractivity contribution >= 4 is 31.9 Å². The van der Waals surface area contributed by atoms with E-state index < -0.39 is 14.9 Å². The third kappa shape index (κ3) is 19.5. The molecule has 0 rings (SSSR count). The first-order chi connectivity index (χ1) is 6.02. The van der Waals surface area contributed by atoms with E-state index in [0.717, 1.165) is 5.38 Å². The van der Waals surface area contributed by atoms with Crippen molar-refractivity contribution in [2.45, 2.75) is 20.5 Å². The maximum atomic E-state index is 11.0. The summed E-state index contributed by atoms with van der Waals surface area (Å²) in [6, 6.07) is 0. The summed E-state index contributed by atoms with van der Waals surface area (Å²) in [5, 5.41) is 13.4. The van der Waals surface area contributed by atoms with Gasteiger partial charge in [-0.15, -0.1) is 0 Å². The minimum absolute atomic E-state index is 0. The van der Waals surface area contributed by atoms with Crippen LogP contribution < -0.4 is 10.6 Å². The summed E-state index contributed by atoms with van der Waals surface area (Å²) in [7, 11) is -0.715. The summed E-state index contributed by atoms with van der Waals surface area (Å²) in [5.41, 5.74) is 0. The molecule has 0 saturated heterocycles. The molecule has 0 aliphatic heterocycles. The quantitative estimate of drug-likeness (QED) is 0.354. The van der Waals surface area contributed by atoms with E-state index in [1.54, 1.807) is 0 Å². The number of hydrogen-bond acceptors (Lipinski definition) is 3. The molecule has 0 aromatic rings. The van der Waals surface area contributed by atoms with Gasteiger partial charge in [-0.1, -0.05) is 32.3 Å². The fourth-order valence-electron chi connectivity index (χ4n) is 0.485. The molecule has 0 aromatic heterocycles. The standard InChI is InChI=1S/C6H14N2O3SSi.CH4.CH3.Re/c1-13(2)4-12-6(11)8-3-7-5(9)10;;;/h7,13H,3-4H2,1-2H3,(H,8,11)(H,9,10);1H4;1H3;/q;;-1;. The van der Waals surface area contributed by atoms with Gasteiger partial charge in [-0.25, -0.2) is 4.79 Å². The Morgan fingerprint density at radius 3 is 2.19 bits per heavy atom. The Labute approximate surface area is 117 Å². The monoisotopic (exact) mass is 440 g/mol. The SMILES string of the molecule is C.C[SiH](C)CSC(=O)NCNC(=O)O.[CH3-].[Re]. The van der Waals surface area contributed by atoms with Gasteiger partial charge in [-0.05, 0) is 5.38 Å². The van der Waals surface area contributed by atoms with Gasteiger partial charge in [0, 0.05) is 29.2 Å². The molecule has 0 aliphatic rings. The molecule has 3 N–H and O–H groups in total. The molecule has 0 bridgehead atoms. The van der Waals surface area contributed by atoms with Gasteiger partial charge in [0.15, 0.2) is 0 Å². The van der Waals surface area contributed by atoms with Crippen molar-refractivity contribution in [2.24, 2.45) is 0 Å². The van der Waals surface area contributed by atoms with Crippen LogP contribution in [0.4, 0.5) is 9.59 Å². The van der Waals surface area contributed by atoms with Crippen LogP contribution in [-0.4, -0.2) is 37.3 Å². The van der Waals surface area contributed by atoms with Crippen molar-refractivity contribution in [1.29, 1.82) is 0 Å². The van der Waals surface area contributed by atoms with Gasteiger partial charge >= 0.3 is 6.09 Å². The molecule has 5 nitrogen and oxygen atoms in total. The van der Waals surface area contributed by atoms with Gasteiger partial charge in [0.1, 0.15) is 0 Å². The summed E-state index contributed by atoms with van der Waals surface area (Å²) < 4.78 is 0. The molecular weight excluding hydrogens is 418 g/mol. The maximum absolute atomic E-state index is 11.0.